The monoisotopic (exact) mass is 425 g/mol. The van der Waals surface area contributed by atoms with Crippen LogP contribution in [-0.4, -0.2) is 45.3 Å². The first-order valence-electron chi connectivity index (χ1n) is 9.90. The Morgan fingerprint density at radius 1 is 1.14 bits per heavy atom. The van der Waals surface area contributed by atoms with Gasteiger partial charge in [0.15, 0.2) is 5.75 Å². The molecule has 8 nitrogen and oxygen atoms in total. The van der Waals surface area contributed by atoms with Gasteiger partial charge < -0.3 is 10.1 Å². The van der Waals surface area contributed by atoms with Gasteiger partial charge in [-0.25, -0.2) is 17.9 Å². The molecule has 0 atom stereocenters. The third-order valence-electron chi connectivity index (χ3n) is 4.84. The molecule has 2 N–H and O–H groups in total. The maximum Gasteiger partial charge on any atom is 0.327 e. The highest BCUT2D eigenvalue weighted by Crippen LogP contribution is 2.24. The van der Waals surface area contributed by atoms with Crippen molar-refractivity contribution in [3.8, 4) is 5.75 Å². The van der Waals surface area contributed by atoms with E-state index in [0.29, 0.717) is 11.6 Å². The Balaban J connectivity index is 1.87. The molecule has 0 aromatic heterocycles. The molecule has 162 valence electrons. The Labute approximate surface area is 173 Å². The van der Waals surface area contributed by atoms with E-state index in [0.717, 1.165) is 25.7 Å². The third-order valence-corrected chi connectivity index (χ3v) is 6.15. The van der Waals surface area contributed by atoms with Crippen molar-refractivity contribution < 1.29 is 22.7 Å². The fraction of sp³-hybridized carbons (Fsp3) is 0.600. The molecule has 9 heteroatoms. The summed E-state index contributed by atoms with van der Waals surface area (Å²) in [6, 6.07) is 5.94. The van der Waals surface area contributed by atoms with Gasteiger partial charge in [0, 0.05) is 24.8 Å². The topological polar surface area (TPSA) is 105 Å². The number of carbonyl (C=O) groups excluding carboxylic acids is 2. The van der Waals surface area contributed by atoms with Gasteiger partial charge in [0.2, 0.25) is 10.0 Å². The van der Waals surface area contributed by atoms with Crippen LogP contribution in [0.4, 0.5) is 10.5 Å². The molecule has 1 saturated carbocycles. The van der Waals surface area contributed by atoms with Crippen molar-refractivity contribution >= 4 is 27.7 Å². The summed E-state index contributed by atoms with van der Waals surface area (Å²) in [7, 11) is -2.12. The van der Waals surface area contributed by atoms with Crippen molar-refractivity contribution in [3.05, 3.63) is 24.3 Å². The molecule has 2 amide bonds. The second-order valence-corrected chi connectivity index (χ2v) is 9.72. The normalized spacial score (nSPS) is 19.6. The smallest absolute Gasteiger partial charge is 0.327 e. The van der Waals surface area contributed by atoms with Crippen molar-refractivity contribution in [1.29, 1.82) is 0 Å². The molecule has 29 heavy (non-hydrogen) atoms. The number of benzene rings is 1. The third kappa shape index (κ3) is 7.66. The molecule has 0 aliphatic heterocycles. The molecular weight excluding hydrogens is 394 g/mol. The average Bonchev–Trinajstić information content (AvgIpc) is 2.62. The lowest BCUT2D eigenvalue weighted by Crippen LogP contribution is -2.41. The molecule has 1 aliphatic rings. The van der Waals surface area contributed by atoms with E-state index >= 15 is 0 Å². The Morgan fingerprint density at radius 3 is 2.28 bits per heavy atom. The van der Waals surface area contributed by atoms with Crippen molar-refractivity contribution in [2.75, 3.05) is 17.7 Å². The lowest BCUT2D eigenvalue weighted by Gasteiger charge is -2.26. The number of carbonyl (C=O) groups is 2. The minimum Gasteiger partial charge on any atom is -0.426 e. The number of rotatable bonds is 7. The molecule has 1 aromatic carbocycles. The van der Waals surface area contributed by atoms with Crippen LogP contribution in [0.3, 0.4) is 0 Å². The number of nitrogens with zero attached hydrogens (tertiary/aromatic N) is 1. The SMILES string of the molecule is CC1CCC(NS(=O)(=O)CC(=O)Oc2ccc(N(C)C(=O)NC(C)C)cc2)CC1. The van der Waals surface area contributed by atoms with E-state index in [4.69, 9.17) is 4.74 Å². The minimum atomic E-state index is -3.75. The van der Waals surface area contributed by atoms with Gasteiger partial charge in [-0.1, -0.05) is 6.92 Å². The Hall–Kier alpha value is -2.13. The van der Waals surface area contributed by atoms with Crippen LogP contribution in [-0.2, 0) is 14.8 Å². The van der Waals surface area contributed by atoms with Gasteiger partial charge in [0.05, 0.1) is 0 Å². The Bertz CT molecular complexity index is 800. The predicted molar refractivity (Wildman–Crippen MR) is 112 cm³/mol. The van der Waals surface area contributed by atoms with E-state index in [2.05, 4.69) is 17.0 Å². The number of hydrogen-bond donors (Lipinski definition) is 2. The zero-order valence-electron chi connectivity index (χ0n) is 17.5. The van der Waals surface area contributed by atoms with Crippen LogP contribution in [0.2, 0.25) is 0 Å². The first kappa shape index (κ1) is 23.2. The number of nitrogens with one attached hydrogen (secondary N) is 2. The van der Waals surface area contributed by atoms with Crippen LogP contribution in [0, 0.1) is 5.92 Å². The Kier molecular flexibility index (Phi) is 8.04. The second-order valence-electron chi connectivity index (χ2n) is 7.96. The predicted octanol–water partition coefficient (Wildman–Crippen LogP) is 2.64. The van der Waals surface area contributed by atoms with Crippen LogP contribution in [0.25, 0.3) is 0 Å². The van der Waals surface area contributed by atoms with Gasteiger partial charge in [0.1, 0.15) is 5.75 Å². The molecule has 1 aromatic rings. The lowest BCUT2D eigenvalue weighted by molar-refractivity contribution is -0.131. The van der Waals surface area contributed by atoms with E-state index < -0.39 is 21.7 Å². The maximum absolute atomic E-state index is 12.2. The van der Waals surface area contributed by atoms with Crippen molar-refractivity contribution in [3.63, 3.8) is 0 Å². The number of esters is 1. The molecular formula is C20H31N3O5S. The largest absolute Gasteiger partial charge is 0.426 e. The molecule has 0 radical (unpaired) electrons. The van der Waals surface area contributed by atoms with E-state index in [1.807, 2.05) is 13.8 Å². The summed E-state index contributed by atoms with van der Waals surface area (Å²) in [5, 5.41) is 2.78. The summed E-state index contributed by atoms with van der Waals surface area (Å²) in [6.45, 7) is 5.89. The van der Waals surface area contributed by atoms with Crippen LogP contribution in [0.15, 0.2) is 24.3 Å². The zero-order chi connectivity index (χ0) is 21.6. The highest BCUT2D eigenvalue weighted by atomic mass is 32.2. The molecule has 0 saturated heterocycles. The molecule has 1 aliphatic carbocycles. The summed E-state index contributed by atoms with van der Waals surface area (Å²) >= 11 is 0. The van der Waals surface area contributed by atoms with Gasteiger partial charge >= 0.3 is 12.0 Å². The number of amides is 2. The summed E-state index contributed by atoms with van der Waals surface area (Å²) < 4.78 is 32.2. The number of anilines is 1. The van der Waals surface area contributed by atoms with Crippen molar-refractivity contribution in [2.24, 2.45) is 5.92 Å². The average molecular weight is 426 g/mol. The highest BCUT2D eigenvalue weighted by Gasteiger charge is 2.25. The second kappa shape index (κ2) is 10.1. The summed E-state index contributed by atoms with van der Waals surface area (Å²) in [5.41, 5.74) is 0.615. The molecule has 0 heterocycles. The van der Waals surface area contributed by atoms with E-state index in [-0.39, 0.29) is 23.9 Å². The summed E-state index contributed by atoms with van der Waals surface area (Å²) in [6.07, 6.45) is 3.53. The first-order valence-corrected chi connectivity index (χ1v) is 11.6. The molecule has 2 rings (SSSR count). The number of ether oxygens (including phenoxy) is 1. The molecule has 0 spiro atoms. The Morgan fingerprint density at radius 2 is 1.72 bits per heavy atom. The zero-order valence-corrected chi connectivity index (χ0v) is 18.3. The van der Waals surface area contributed by atoms with Crippen molar-refractivity contribution in [1.82, 2.24) is 10.0 Å². The molecule has 1 fully saturated rings. The van der Waals surface area contributed by atoms with E-state index in [1.54, 1.807) is 19.2 Å². The number of urea groups is 1. The van der Waals surface area contributed by atoms with Crippen molar-refractivity contribution in [2.45, 2.75) is 58.5 Å². The maximum atomic E-state index is 12.2. The molecule has 0 unspecified atom stereocenters. The fourth-order valence-electron chi connectivity index (χ4n) is 3.19. The number of hydrogen-bond acceptors (Lipinski definition) is 5. The van der Waals surface area contributed by atoms with Gasteiger partial charge in [-0.05, 0) is 69.7 Å². The van der Waals surface area contributed by atoms with Crippen LogP contribution in [0.1, 0.15) is 46.5 Å². The van der Waals surface area contributed by atoms with E-state index in [1.165, 1.54) is 17.0 Å². The van der Waals surface area contributed by atoms with Crippen LogP contribution in [0.5, 0.6) is 5.75 Å². The van der Waals surface area contributed by atoms with Gasteiger partial charge in [-0.2, -0.15) is 0 Å². The minimum absolute atomic E-state index is 0.0118. The first-order chi connectivity index (χ1) is 13.6. The van der Waals surface area contributed by atoms with Crippen LogP contribution < -0.4 is 19.7 Å². The van der Waals surface area contributed by atoms with E-state index in [9.17, 15) is 18.0 Å². The quantitative estimate of drug-likeness (QED) is 0.516. The molecule has 0 bridgehead atoms. The fourth-order valence-corrected chi connectivity index (χ4v) is 4.38. The number of sulfonamides is 1. The van der Waals surface area contributed by atoms with Crippen LogP contribution >= 0.6 is 0 Å². The van der Waals surface area contributed by atoms with Gasteiger partial charge in [0.25, 0.3) is 0 Å². The van der Waals surface area contributed by atoms with Gasteiger partial charge in [-0.3, -0.25) is 9.69 Å². The highest BCUT2D eigenvalue weighted by molar-refractivity contribution is 7.90. The van der Waals surface area contributed by atoms with Gasteiger partial charge in [-0.15, -0.1) is 0 Å². The lowest BCUT2D eigenvalue weighted by atomic mass is 9.88. The summed E-state index contributed by atoms with van der Waals surface area (Å²) in [4.78, 5) is 25.5. The summed E-state index contributed by atoms with van der Waals surface area (Å²) in [5.74, 6) is -0.741. The standard InChI is InChI=1S/C20H31N3O5S/c1-14(2)21-20(25)23(4)17-9-11-18(12-10-17)28-19(24)13-29(26,27)22-16-7-5-15(3)6-8-16/h9-12,14-16,22H,5-8,13H2,1-4H3,(H,21,25).